The smallest absolute Gasteiger partial charge is 0.132 e. The van der Waals surface area contributed by atoms with Crippen molar-refractivity contribution in [3.8, 4) is 22.8 Å². The Morgan fingerprint density at radius 3 is 1.95 bits per heavy atom. The molecular formula is C16H23N3O2. The van der Waals surface area contributed by atoms with E-state index in [9.17, 15) is 0 Å². The van der Waals surface area contributed by atoms with Crippen LogP contribution in [0.25, 0.3) is 11.3 Å². The fourth-order valence-corrected chi connectivity index (χ4v) is 2.55. The van der Waals surface area contributed by atoms with Crippen molar-refractivity contribution in [3.63, 3.8) is 0 Å². The molecule has 0 aliphatic rings. The third-order valence-corrected chi connectivity index (χ3v) is 3.38. The van der Waals surface area contributed by atoms with Crippen LogP contribution in [0.2, 0.25) is 0 Å². The number of rotatable bonds is 3. The van der Waals surface area contributed by atoms with Crippen LogP contribution < -0.4 is 15.2 Å². The molecule has 0 unspecified atom stereocenters. The van der Waals surface area contributed by atoms with E-state index in [0.717, 1.165) is 17.1 Å². The summed E-state index contributed by atoms with van der Waals surface area (Å²) in [5.41, 5.74) is 7.84. The molecule has 1 heterocycles. The zero-order chi connectivity index (χ0) is 15.8. The number of nitrogen functional groups attached to an aromatic ring is 1. The quantitative estimate of drug-likeness (QED) is 0.942. The Morgan fingerprint density at radius 2 is 1.57 bits per heavy atom. The second kappa shape index (κ2) is 5.31. The first kappa shape index (κ1) is 15.2. The molecular weight excluding hydrogens is 266 g/mol. The lowest BCUT2D eigenvalue weighted by Gasteiger charge is -2.24. The molecule has 5 heteroatoms. The molecule has 1 aromatic heterocycles. The van der Waals surface area contributed by atoms with Gasteiger partial charge in [0.25, 0.3) is 0 Å². The highest BCUT2D eigenvalue weighted by atomic mass is 16.5. The van der Waals surface area contributed by atoms with Crippen molar-refractivity contribution in [2.75, 3.05) is 20.0 Å². The third-order valence-electron chi connectivity index (χ3n) is 3.38. The Balaban J connectivity index is 2.63. The number of methoxy groups -OCH3 is 2. The van der Waals surface area contributed by atoms with Gasteiger partial charge in [0.15, 0.2) is 0 Å². The number of benzene rings is 1. The molecule has 2 rings (SSSR count). The minimum Gasteiger partial charge on any atom is -0.497 e. The summed E-state index contributed by atoms with van der Waals surface area (Å²) in [6.07, 6.45) is 0. The molecule has 0 aliphatic heterocycles. The number of nitrogens with zero attached hydrogens (tertiary/aromatic N) is 2. The highest BCUT2D eigenvalue weighted by molar-refractivity contribution is 5.73. The van der Waals surface area contributed by atoms with Crippen LogP contribution in [0.15, 0.2) is 18.2 Å². The number of hydrogen-bond donors (Lipinski definition) is 1. The Labute approximate surface area is 125 Å². The maximum absolute atomic E-state index is 6.32. The number of ether oxygens (including phenoxy) is 2. The van der Waals surface area contributed by atoms with Crippen LogP contribution in [0.3, 0.4) is 0 Å². The highest BCUT2D eigenvalue weighted by Crippen LogP contribution is 2.35. The number of imidazole rings is 1. The van der Waals surface area contributed by atoms with Crippen LogP contribution in [-0.2, 0) is 5.54 Å². The van der Waals surface area contributed by atoms with Crippen LogP contribution in [-0.4, -0.2) is 23.8 Å². The standard InChI is InChI=1S/C16H23N3O2/c1-10-18-14(15(17)19(10)16(2,3)4)11-7-12(20-5)9-13(8-11)21-6/h7-9H,17H2,1-6H3. The zero-order valence-electron chi connectivity index (χ0n) is 13.5. The van der Waals surface area contributed by atoms with E-state index in [1.54, 1.807) is 14.2 Å². The summed E-state index contributed by atoms with van der Waals surface area (Å²) in [7, 11) is 3.25. The van der Waals surface area contributed by atoms with E-state index in [1.807, 2.05) is 29.7 Å². The van der Waals surface area contributed by atoms with Gasteiger partial charge in [-0.1, -0.05) is 0 Å². The fraction of sp³-hybridized carbons (Fsp3) is 0.438. The molecule has 2 N–H and O–H groups in total. The van der Waals surface area contributed by atoms with Crippen molar-refractivity contribution in [1.82, 2.24) is 9.55 Å². The predicted octanol–water partition coefficient (Wildman–Crippen LogP) is 3.21. The Morgan fingerprint density at radius 1 is 1.05 bits per heavy atom. The first-order chi connectivity index (χ1) is 9.77. The van der Waals surface area contributed by atoms with Crippen LogP contribution in [0.1, 0.15) is 26.6 Å². The summed E-state index contributed by atoms with van der Waals surface area (Å²) in [4.78, 5) is 4.62. The van der Waals surface area contributed by atoms with Crippen molar-refractivity contribution >= 4 is 5.82 Å². The maximum atomic E-state index is 6.32. The van der Waals surface area contributed by atoms with Gasteiger partial charge in [-0.15, -0.1) is 0 Å². The molecule has 0 amide bonds. The maximum Gasteiger partial charge on any atom is 0.132 e. The molecule has 0 saturated carbocycles. The Kier molecular flexibility index (Phi) is 3.85. The Hall–Kier alpha value is -2.17. The lowest BCUT2D eigenvalue weighted by molar-refractivity contribution is 0.393. The SMILES string of the molecule is COc1cc(OC)cc(-c2nc(C)n(C(C)(C)C)c2N)c1. The topological polar surface area (TPSA) is 62.3 Å². The summed E-state index contributed by atoms with van der Waals surface area (Å²) in [5, 5.41) is 0. The third kappa shape index (κ3) is 2.82. The molecule has 0 fully saturated rings. The van der Waals surface area contributed by atoms with Gasteiger partial charge in [-0.05, 0) is 39.8 Å². The van der Waals surface area contributed by atoms with E-state index in [-0.39, 0.29) is 5.54 Å². The van der Waals surface area contributed by atoms with Gasteiger partial charge in [0, 0.05) is 17.2 Å². The van der Waals surface area contributed by atoms with Crippen molar-refractivity contribution in [1.29, 1.82) is 0 Å². The van der Waals surface area contributed by atoms with Gasteiger partial charge >= 0.3 is 0 Å². The molecule has 0 aliphatic carbocycles. The van der Waals surface area contributed by atoms with E-state index in [2.05, 4.69) is 25.8 Å². The van der Waals surface area contributed by atoms with E-state index in [4.69, 9.17) is 15.2 Å². The largest absolute Gasteiger partial charge is 0.497 e. The van der Waals surface area contributed by atoms with E-state index < -0.39 is 0 Å². The fourth-order valence-electron chi connectivity index (χ4n) is 2.55. The number of nitrogens with two attached hydrogens (primary N) is 1. The Bertz CT molecular complexity index is 632. The van der Waals surface area contributed by atoms with Crippen LogP contribution in [0.4, 0.5) is 5.82 Å². The number of aryl methyl sites for hydroxylation is 1. The van der Waals surface area contributed by atoms with E-state index >= 15 is 0 Å². The highest BCUT2D eigenvalue weighted by Gasteiger charge is 2.23. The molecule has 2 aromatic rings. The van der Waals surface area contributed by atoms with Gasteiger partial charge in [0.05, 0.1) is 14.2 Å². The second-order valence-electron chi connectivity index (χ2n) is 6.00. The monoisotopic (exact) mass is 289 g/mol. The lowest BCUT2D eigenvalue weighted by Crippen LogP contribution is -2.24. The van der Waals surface area contributed by atoms with Crippen molar-refractivity contribution in [2.24, 2.45) is 0 Å². The first-order valence-electron chi connectivity index (χ1n) is 6.86. The molecule has 5 nitrogen and oxygen atoms in total. The molecule has 1 aromatic carbocycles. The number of anilines is 1. The molecule has 0 spiro atoms. The predicted molar refractivity (Wildman–Crippen MR) is 84.9 cm³/mol. The summed E-state index contributed by atoms with van der Waals surface area (Å²) >= 11 is 0. The van der Waals surface area contributed by atoms with E-state index in [0.29, 0.717) is 17.3 Å². The normalized spacial score (nSPS) is 11.5. The van der Waals surface area contributed by atoms with Gasteiger partial charge in [-0.3, -0.25) is 0 Å². The van der Waals surface area contributed by atoms with Crippen LogP contribution in [0.5, 0.6) is 11.5 Å². The van der Waals surface area contributed by atoms with E-state index in [1.165, 1.54) is 0 Å². The van der Waals surface area contributed by atoms with Gasteiger partial charge in [-0.25, -0.2) is 4.98 Å². The summed E-state index contributed by atoms with van der Waals surface area (Å²) < 4.78 is 12.7. The molecule has 0 atom stereocenters. The lowest BCUT2D eigenvalue weighted by atomic mass is 10.1. The van der Waals surface area contributed by atoms with Gasteiger partial charge < -0.3 is 19.8 Å². The van der Waals surface area contributed by atoms with Crippen molar-refractivity contribution in [2.45, 2.75) is 33.2 Å². The molecule has 114 valence electrons. The number of hydrogen-bond acceptors (Lipinski definition) is 4. The average Bonchev–Trinajstić information content (AvgIpc) is 2.72. The average molecular weight is 289 g/mol. The summed E-state index contributed by atoms with van der Waals surface area (Å²) in [6, 6.07) is 5.65. The second-order valence-corrected chi connectivity index (χ2v) is 6.00. The van der Waals surface area contributed by atoms with Crippen molar-refractivity contribution in [3.05, 3.63) is 24.0 Å². The van der Waals surface area contributed by atoms with Crippen LogP contribution >= 0.6 is 0 Å². The first-order valence-corrected chi connectivity index (χ1v) is 6.86. The summed E-state index contributed by atoms with van der Waals surface area (Å²) in [5.74, 6) is 2.96. The minimum atomic E-state index is -0.123. The van der Waals surface area contributed by atoms with Gasteiger partial charge in [0.1, 0.15) is 28.8 Å². The minimum absolute atomic E-state index is 0.123. The molecule has 0 bridgehead atoms. The summed E-state index contributed by atoms with van der Waals surface area (Å²) in [6.45, 7) is 8.28. The molecule has 0 radical (unpaired) electrons. The van der Waals surface area contributed by atoms with Gasteiger partial charge in [-0.2, -0.15) is 0 Å². The van der Waals surface area contributed by atoms with Crippen LogP contribution in [0, 0.1) is 6.92 Å². The molecule has 21 heavy (non-hydrogen) atoms. The van der Waals surface area contributed by atoms with Crippen molar-refractivity contribution < 1.29 is 9.47 Å². The number of aromatic nitrogens is 2. The van der Waals surface area contributed by atoms with Gasteiger partial charge in [0.2, 0.25) is 0 Å². The zero-order valence-corrected chi connectivity index (χ0v) is 13.5. The molecule has 0 saturated heterocycles.